The first-order valence-electron chi connectivity index (χ1n) is 4.08. The van der Waals surface area contributed by atoms with Gasteiger partial charge in [0.2, 0.25) is 0 Å². The summed E-state index contributed by atoms with van der Waals surface area (Å²) >= 11 is 0. The Labute approximate surface area is 131 Å². The number of carboxylic acid groups (broad SMARTS) is 1. The monoisotopic (exact) mass is 241 g/mol. The molecule has 1 aliphatic rings. The van der Waals surface area contributed by atoms with Gasteiger partial charge in [0.15, 0.2) is 5.78 Å². The van der Waals surface area contributed by atoms with Gasteiger partial charge in [-0.1, -0.05) is 6.92 Å². The summed E-state index contributed by atoms with van der Waals surface area (Å²) in [6, 6.07) is 0. The molecule has 0 radical (unpaired) electrons. The standard InChI is InChI=1S/C5H5NO.C4H8O2.FH.K/c7-5-2-1-3-6-4-5;1-2-3-4(5)6;;/h1-3H,4H2;2-3H2,1H3,(H,5,6);1H;/q;;;+1/p-1. The first-order chi connectivity index (χ1) is 6.16. The van der Waals surface area contributed by atoms with Gasteiger partial charge in [0.05, 0.1) is 0 Å². The van der Waals surface area contributed by atoms with Crippen LogP contribution in [0.3, 0.4) is 0 Å². The molecule has 0 bridgehead atoms. The Balaban J connectivity index is -0.000000172. The molecule has 1 aliphatic heterocycles. The van der Waals surface area contributed by atoms with Crippen molar-refractivity contribution < 1.29 is 70.8 Å². The first kappa shape index (κ1) is 20.5. The topological polar surface area (TPSA) is 66.7 Å². The smallest absolute Gasteiger partial charge is 1.00 e. The van der Waals surface area contributed by atoms with Crippen LogP contribution in [-0.4, -0.2) is 29.6 Å². The summed E-state index contributed by atoms with van der Waals surface area (Å²) in [4.78, 5) is 23.6. The molecule has 0 aromatic carbocycles. The van der Waals surface area contributed by atoms with Crippen LogP contribution in [0.1, 0.15) is 19.8 Å². The number of hydrogen-bond donors (Lipinski definition) is 1. The van der Waals surface area contributed by atoms with Crippen molar-refractivity contribution in [2.45, 2.75) is 19.8 Å². The molecule has 0 spiro atoms. The van der Waals surface area contributed by atoms with Gasteiger partial charge in [0.25, 0.3) is 0 Å². The van der Waals surface area contributed by atoms with Gasteiger partial charge in [-0.05, 0) is 18.6 Å². The Bertz CT molecular complexity index is 242. The Hall–Kier alpha value is 0.116. The first-order valence-corrected chi connectivity index (χ1v) is 4.08. The Morgan fingerprint density at radius 2 is 2.20 bits per heavy atom. The fourth-order valence-electron chi connectivity index (χ4n) is 0.620. The van der Waals surface area contributed by atoms with Crippen molar-refractivity contribution in [1.29, 1.82) is 0 Å². The number of dihydropyridines is 1. The van der Waals surface area contributed by atoms with Gasteiger partial charge in [-0.2, -0.15) is 0 Å². The molecule has 0 atom stereocenters. The van der Waals surface area contributed by atoms with Crippen molar-refractivity contribution in [2.75, 3.05) is 6.54 Å². The predicted octanol–water partition coefficient (Wildman–Crippen LogP) is -4.92. The van der Waals surface area contributed by atoms with Crippen molar-refractivity contribution in [1.82, 2.24) is 0 Å². The maximum Gasteiger partial charge on any atom is 1.00 e. The van der Waals surface area contributed by atoms with E-state index in [4.69, 9.17) is 5.11 Å². The maximum atomic E-state index is 10.3. The van der Waals surface area contributed by atoms with E-state index in [-0.39, 0.29) is 61.9 Å². The minimum absolute atomic E-state index is 0. The Kier molecular flexibility index (Phi) is 19.3. The van der Waals surface area contributed by atoms with Crippen molar-refractivity contribution in [3.05, 3.63) is 12.2 Å². The molecule has 80 valence electrons. The number of ketones is 1. The third kappa shape index (κ3) is 16.8. The molecule has 0 aliphatic carbocycles. The van der Waals surface area contributed by atoms with Crippen LogP contribution in [0.25, 0.3) is 0 Å². The van der Waals surface area contributed by atoms with Gasteiger partial charge in [0.1, 0.15) is 6.54 Å². The molecule has 6 heteroatoms. The molecule has 1 N–H and O–H groups in total. The fourth-order valence-corrected chi connectivity index (χ4v) is 0.620. The van der Waals surface area contributed by atoms with E-state index in [2.05, 4.69) is 4.99 Å². The number of carbonyl (C=O) groups is 2. The van der Waals surface area contributed by atoms with Gasteiger partial charge < -0.3 is 9.81 Å². The quantitative estimate of drug-likeness (QED) is 0.493. The van der Waals surface area contributed by atoms with Crippen LogP contribution in [0.5, 0.6) is 0 Å². The van der Waals surface area contributed by atoms with Crippen molar-refractivity contribution in [3.8, 4) is 0 Å². The zero-order chi connectivity index (χ0) is 10.1. The summed E-state index contributed by atoms with van der Waals surface area (Å²) in [6.07, 6.45) is 5.82. The van der Waals surface area contributed by atoms with Gasteiger partial charge in [-0.15, -0.1) is 0 Å². The number of carbonyl (C=O) groups excluding carboxylic acids is 1. The van der Waals surface area contributed by atoms with Crippen LogP contribution < -0.4 is 56.1 Å². The molecule has 0 unspecified atom stereocenters. The third-order valence-corrected chi connectivity index (χ3v) is 1.18. The van der Waals surface area contributed by atoms with Crippen LogP contribution in [0, 0.1) is 0 Å². The second-order valence-electron chi connectivity index (χ2n) is 2.46. The molecule has 15 heavy (non-hydrogen) atoms. The van der Waals surface area contributed by atoms with Crippen LogP contribution >= 0.6 is 0 Å². The summed E-state index contributed by atoms with van der Waals surface area (Å²) < 4.78 is 0. The zero-order valence-electron chi connectivity index (χ0n) is 8.94. The molecule has 0 saturated heterocycles. The fraction of sp³-hybridized carbons (Fsp3) is 0.444. The average Bonchev–Trinajstić information content (AvgIpc) is 2.06. The molecular weight excluding hydrogens is 228 g/mol. The van der Waals surface area contributed by atoms with E-state index in [1.54, 1.807) is 12.3 Å². The molecule has 1 rings (SSSR count). The summed E-state index contributed by atoms with van der Waals surface area (Å²) in [6.45, 7) is 2.17. The zero-order valence-corrected chi connectivity index (χ0v) is 12.1. The average molecular weight is 241 g/mol. The Morgan fingerprint density at radius 1 is 1.60 bits per heavy atom. The number of halogens is 1. The number of aliphatic carboxylic acids is 1. The summed E-state index contributed by atoms with van der Waals surface area (Å²) in [7, 11) is 0. The minimum Gasteiger partial charge on any atom is -1.00 e. The minimum atomic E-state index is -0.711. The molecule has 0 aromatic heterocycles. The number of aliphatic imine (C=N–C) groups is 1. The van der Waals surface area contributed by atoms with Crippen LogP contribution in [0.4, 0.5) is 0 Å². The normalized spacial score (nSPS) is 11.7. The molecule has 0 aromatic rings. The molecule has 0 amide bonds. The van der Waals surface area contributed by atoms with Crippen molar-refractivity contribution in [3.63, 3.8) is 0 Å². The van der Waals surface area contributed by atoms with Crippen molar-refractivity contribution >= 4 is 18.0 Å². The second-order valence-corrected chi connectivity index (χ2v) is 2.46. The number of allylic oxidation sites excluding steroid dienone is 1. The van der Waals surface area contributed by atoms with Gasteiger partial charge >= 0.3 is 57.4 Å². The number of nitrogens with zero attached hydrogens (tertiary/aromatic N) is 1. The van der Waals surface area contributed by atoms with E-state index in [1.807, 2.05) is 6.92 Å². The van der Waals surface area contributed by atoms with Crippen LogP contribution in [0.2, 0.25) is 0 Å². The molecule has 0 saturated carbocycles. The third-order valence-electron chi connectivity index (χ3n) is 1.18. The van der Waals surface area contributed by atoms with Crippen LogP contribution in [0.15, 0.2) is 17.1 Å². The van der Waals surface area contributed by atoms with E-state index < -0.39 is 5.97 Å². The van der Waals surface area contributed by atoms with E-state index in [0.717, 1.165) is 6.42 Å². The van der Waals surface area contributed by atoms with E-state index >= 15 is 0 Å². The molecule has 4 nitrogen and oxygen atoms in total. The summed E-state index contributed by atoms with van der Waals surface area (Å²) in [5.41, 5.74) is 0. The number of hydrogen-bond acceptors (Lipinski definition) is 3. The van der Waals surface area contributed by atoms with Gasteiger partial charge in [-0.3, -0.25) is 14.6 Å². The summed E-state index contributed by atoms with van der Waals surface area (Å²) in [5.74, 6) is -0.625. The van der Waals surface area contributed by atoms with E-state index in [0.29, 0.717) is 13.0 Å². The largest absolute Gasteiger partial charge is 1.00 e. The van der Waals surface area contributed by atoms with Crippen LogP contribution in [-0.2, 0) is 9.59 Å². The van der Waals surface area contributed by atoms with Gasteiger partial charge in [0, 0.05) is 12.6 Å². The molecular formula is C9H13FKNO3. The number of rotatable bonds is 2. The maximum absolute atomic E-state index is 10.3. The van der Waals surface area contributed by atoms with Gasteiger partial charge in [-0.25, -0.2) is 0 Å². The second kappa shape index (κ2) is 14.1. The van der Waals surface area contributed by atoms with E-state index in [1.165, 1.54) is 6.08 Å². The number of carboxylic acids is 1. The molecule has 1 heterocycles. The molecule has 0 fully saturated rings. The SMILES string of the molecule is CCCC(=O)O.O=C1C=CC=NC1.[F-].[K+]. The Morgan fingerprint density at radius 3 is 2.33 bits per heavy atom. The van der Waals surface area contributed by atoms with E-state index in [9.17, 15) is 9.59 Å². The predicted molar refractivity (Wildman–Crippen MR) is 50.0 cm³/mol. The van der Waals surface area contributed by atoms with Crippen molar-refractivity contribution in [2.24, 2.45) is 4.99 Å². The summed E-state index contributed by atoms with van der Waals surface area (Å²) in [5, 5.41) is 7.91.